The maximum Gasteiger partial charge on any atom is 0.322 e. The van der Waals surface area contributed by atoms with Gasteiger partial charge in [-0.2, -0.15) is 4.31 Å². The molecule has 0 amide bonds. The molecule has 1 aliphatic heterocycles. The van der Waals surface area contributed by atoms with Crippen LogP contribution in [-0.2, 0) is 19.6 Å². The SMILES string of the molecule is CCCCS(=O)(=O)N1CC(=O)CCC1C(=O)O. The molecule has 1 N–H and O–H groups in total. The third-order valence-electron chi connectivity index (χ3n) is 2.77. The van der Waals surface area contributed by atoms with Crippen molar-refractivity contribution in [2.45, 2.75) is 38.6 Å². The number of rotatable bonds is 5. The minimum atomic E-state index is -3.64. The van der Waals surface area contributed by atoms with Gasteiger partial charge in [-0.15, -0.1) is 0 Å². The van der Waals surface area contributed by atoms with Crippen molar-refractivity contribution in [3.05, 3.63) is 0 Å². The van der Waals surface area contributed by atoms with Crippen LogP contribution in [0.25, 0.3) is 0 Å². The number of hydrogen-bond donors (Lipinski definition) is 1. The number of nitrogens with zero attached hydrogens (tertiary/aromatic N) is 1. The first kappa shape index (κ1) is 14.1. The molecule has 0 aromatic carbocycles. The van der Waals surface area contributed by atoms with E-state index in [9.17, 15) is 18.0 Å². The molecule has 0 radical (unpaired) electrons. The van der Waals surface area contributed by atoms with Crippen LogP contribution in [-0.4, -0.2) is 47.9 Å². The summed E-state index contributed by atoms with van der Waals surface area (Å²) in [6.07, 6.45) is 1.38. The summed E-state index contributed by atoms with van der Waals surface area (Å²) >= 11 is 0. The van der Waals surface area contributed by atoms with Gasteiger partial charge in [0.05, 0.1) is 12.3 Å². The average Bonchev–Trinajstić information content (AvgIpc) is 2.26. The largest absolute Gasteiger partial charge is 0.480 e. The van der Waals surface area contributed by atoms with E-state index in [1.54, 1.807) is 0 Å². The standard InChI is InChI=1S/C10H17NO5S/c1-2-3-6-17(15,16)11-7-8(12)4-5-9(11)10(13)14/h9H,2-7H2,1H3,(H,13,14). The lowest BCUT2D eigenvalue weighted by Crippen LogP contribution is -2.51. The van der Waals surface area contributed by atoms with Crippen molar-refractivity contribution >= 4 is 21.8 Å². The molecule has 0 aliphatic carbocycles. The van der Waals surface area contributed by atoms with Gasteiger partial charge in [0, 0.05) is 6.42 Å². The van der Waals surface area contributed by atoms with E-state index in [0.717, 1.165) is 4.31 Å². The zero-order valence-corrected chi connectivity index (χ0v) is 10.6. The molecule has 1 saturated heterocycles. The quantitative estimate of drug-likeness (QED) is 0.766. The van der Waals surface area contributed by atoms with Gasteiger partial charge in [-0.05, 0) is 12.8 Å². The Hall–Kier alpha value is -0.950. The lowest BCUT2D eigenvalue weighted by molar-refractivity contribution is -0.143. The Balaban J connectivity index is 2.89. The maximum absolute atomic E-state index is 11.9. The summed E-state index contributed by atoms with van der Waals surface area (Å²) in [5.41, 5.74) is 0. The number of piperidine rings is 1. The molecule has 7 heteroatoms. The van der Waals surface area contributed by atoms with Crippen LogP contribution in [0, 0.1) is 0 Å². The van der Waals surface area contributed by atoms with Gasteiger partial charge in [0.15, 0.2) is 0 Å². The summed E-state index contributed by atoms with van der Waals surface area (Å²) in [5, 5.41) is 8.97. The molecule has 0 aromatic heterocycles. The van der Waals surface area contributed by atoms with Crippen molar-refractivity contribution in [2.24, 2.45) is 0 Å². The Kier molecular flexibility index (Phi) is 4.64. The summed E-state index contributed by atoms with van der Waals surface area (Å²) in [6.45, 7) is 1.55. The number of unbranched alkanes of at least 4 members (excludes halogenated alkanes) is 1. The van der Waals surface area contributed by atoms with Gasteiger partial charge >= 0.3 is 5.97 Å². The smallest absolute Gasteiger partial charge is 0.322 e. The van der Waals surface area contributed by atoms with E-state index in [-0.39, 0.29) is 30.9 Å². The topological polar surface area (TPSA) is 91.8 Å². The summed E-state index contributed by atoms with van der Waals surface area (Å²) < 4.78 is 24.7. The highest BCUT2D eigenvalue weighted by Crippen LogP contribution is 2.20. The third-order valence-corrected chi connectivity index (χ3v) is 4.68. The van der Waals surface area contributed by atoms with E-state index in [1.807, 2.05) is 6.92 Å². The Morgan fingerprint density at radius 2 is 2.18 bits per heavy atom. The highest BCUT2D eigenvalue weighted by Gasteiger charge is 2.38. The fourth-order valence-electron chi connectivity index (χ4n) is 1.79. The van der Waals surface area contributed by atoms with Crippen LogP contribution < -0.4 is 0 Å². The van der Waals surface area contributed by atoms with Gasteiger partial charge in [0.25, 0.3) is 0 Å². The van der Waals surface area contributed by atoms with E-state index in [1.165, 1.54) is 0 Å². The molecule has 1 rings (SSSR count). The molecular formula is C10H17NO5S. The number of Topliss-reactive ketones (excluding diaryl/α,β-unsaturated/α-hetero) is 1. The number of carboxylic acid groups (broad SMARTS) is 1. The van der Waals surface area contributed by atoms with Crippen LogP contribution in [0.4, 0.5) is 0 Å². The predicted molar refractivity (Wildman–Crippen MR) is 61.1 cm³/mol. The van der Waals surface area contributed by atoms with Crippen molar-refractivity contribution in [3.63, 3.8) is 0 Å². The number of carboxylic acids is 1. The van der Waals surface area contributed by atoms with Crippen molar-refractivity contribution in [3.8, 4) is 0 Å². The molecule has 1 unspecified atom stereocenters. The molecule has 17 heavy (non-hydrogen) atoms. The predicted octanol–water partition coefficient (Wildman–Crippen LogP) is 0.234. The average molecular weight is 263 g/mol. The number of carbonyl (C=O) groups is 2. The second-order valence-electron chi connectivity index (χ2n) is 4.15. The van der Waals surface area contributed by atoms with Gasteiger partial charge in [0.1, 0.15) is 11.8 Å². The van der Waals surface area contributed by atoms with E-state index < -0.39 is 22.0 Å². The number of sulfonamides is 1. The highest BCUT2D eigenvalue weighted by molar-refractivity contribution is 7.89. The van der Waals surface area contributed by atoms with Crippen LogP contribution in [0.15, 0.2) is 0 Å². The van der Waals surface area contributed by atoms with E-state index >= 15 is 0 Å². The van der Waals surface area contributed by atoms with Gasteiger partial charge in [0.2, 0.25) is 10.0 Å². The molecule has 0 bridgehead atoms. The molecule has 0 aromatic rings. The monoisotopic (exact) mass is 263 g/mol. The van der Waals surface area contributed by atoms with E-state index in [4.69, 9.17) is 5.11 Å². The Morgan fingerprint density at radius 3 is 2.71 bits per heavy atom. The second-order valence-corrected chi connectivity index (χ2v) is 6.19. The van der Waals surface area contributed by atoms with Crippen LogP contribution in [0.5, 0.6) is 0 Å². The fourth-order valence-corrected chi connectivity index (χ4v) is 3.60. The third kappa shape index (κ3) is 3.50. The zero-order chi connectivity index (χ0) is 13.1. The second kappa shape index (κ2) is 5.59. The number of aliphatic carboxylic acids is 1. The summed E-state index contributed by atoms with van der Waals surface area (Å²) in [5.74, 6) is -1.50. The summed E-state index contributed by atoms with van der Waals surface area (Å²) in [6, 6.07) is -1.09. The van der Waals surface area contributed by atoms with Crippen molar-refractivity contribution in [1.82, 2.24) is 4.31 Å². The van der Waals surface area contributed by atoms with Crippen LogP contribution in [0.3, 0.4) is 0 Å². The van der Waals surface area contributed by atoms with Crippen molar-refractivity contribution in [1.29, 1.82) is 0 Å². The van der Waals surface area contributed by atoms with Gasteiger partial charge in [-0.3, -0.25) is 9.59 Å². The minimum Gasteiger partial charge on any atom is -0.480 e. The fraction of sp³-hybridized carbons (Fsp3) is 0.800. The Bertz CT molecular complexity index is 403. The molecule has 1 heterocycles. The van der Waals surface area contributed by atoms with Gasteiger partial charge < -0.3 is 5.11 Å². The Morgan fingerprint density at radius 1 is 1.53 bits per heavy atom. The number of carbonyl (C=O) groups excluding carboxylic acids is 1. The first-order valence-electron chi connectivity index (χ1n) is 5.62. The molecule has 1 aliphatic rings. The Labute approximate surface area is 101 Å². The zero-order valence-electron chi connectivity index (χ0n) is 9.76. The van der Waals surface area contributed by atoms with Crippen LogP contribution in [0.1, 0.15) is 32.6 Å². The molecule has 0 saturated carbocycles. The lowest BCUT2D eigenvalue weighted by Gasteiger charge is -2.31. The maximum atomic E-state index is 11.9. The first-order chi connectivity index (χ1) is 7.88. The minimum absolute atomic E-state index is 0.0690. The van der Waals surface area contributed by atoms with Crippen molar-refractivity contribution in [2.75, 3.05) is 12.3 Å². The normalized spacial score (nSPS) is 22.6. The number of hydrogen-bond acceptors (Lipinski definition) is 4. The lowest BCUT2D eigenvalue weighted by atomic mass is 10.0. The van der Waals surface area contributed by atoms with Crippen LogP contribution >= 0.6 is 0 Å². The molecule has 6 nitrogen and oxygen atoms in total. The molecule has 1 atom stereocenters. The highest BCUT2D eigenvalue weighted by atomic mass is 32.2. The van der Waals surface area contributed by atoms with Gasteiger partial charge in [-0.25, -0.2) is 8.42 Å². The first-order valence-corrected chi connectivity index (χ1v) is 7.23. The van der Waals surface area contributed by atoms with Gasteiger partial charge in [-0.1, -0.05) is 13.3 Å². The molecule has 98 valence electrons. The number of ketones is 1. The molecule has 0 spiro atoms. The van der Waals surface area contributed by atoms with Crippen LogP contribution in [0.2, 0.25) is 0 Å². The molecule has 1 fully saturated rings. The summed E-state index contributed by atoms with van der Waals surface area (Å²) in [4.78, 5) is 22.2. The van der Waals surface area contributed by atoms with Crippen molar-refractivity contribution < 1.29 is 23.1 Å². The van der Waals surface area contributed by atoms with E-state index in [0.29, 0.717) is 12.8 Å². The van der Waals surface area contributed by atoms with E-state index in [2.05, 4.69) is 0 Å². The summed E-state index contributed by atoms with van der Waals surface area (Å²) in [7, 11) is -3.64. The molecular weight excluding hydrogens is 246 g/mol.